The largest absolute Gasteiger partial charge is 0.440 e. The average molecular weight is 264 g/mol. The minimum atomic E-state index is -0.192. The van der Waals surface area contributed by atoms with Crippen LogP contribution in [0.2, 0.25) is 5.22 Å². The molecule has 1 aromatic carbocycles. The van der Waals surface area contributed by atoms with Gasteiger partial charge >= 0.3 is 0 Å². The quantitative estimate of drug-likeness (QED) is 0.839. The molecule has 18 heavy (non-hydrogen) atoms. The number of furan rings is 1. The van der Waals surface area contributed by atoms with Crippen molar-refractivity contribution in [3.05, 3.63) is 53.4 Å². The molecule has 1 heterocycles. The highest BCUT2D eigenvalue weighted by Gasteiger charge is 2.23. The summed E-state index contributed by atoms with van der Waals surface area (Å²) < 4.78 is 5.17. The third kappa shape index (κ3) is 2.57. The van der Waals surface area contributed by atoms with E-state index in [9.17, 15) is 4.79 Å². The highest BCUT2D eigenvalue weighted by atomic mass is 35.5. The molecule has 2 aromatic rings. The summed E-state index contributed by atoms with van der Waals surface area (Å²) in [6, 6.07) is 12.7. The molecule has 3 nitrogen and oxygen atoms in total. The van der Waals surface area contributed by atoms with Crippen LogP contribution in [0.4, 0.5) is 5.69 Å². The number of carbonyl (C=O) groups excluding carboxylic acids is 1. The number of carbonyl (C=O) groups is 1. The Morgan fingerprint density at radius 1 is 1.17 bits per heavy atom. The minimum absolute atomic E-state index is 0.0313. The van der Waals surface area contributed by atoms with E-state index >= 15 is 0 Å². The molecule has 0 saturated heterocycles. The van der Waals surface area contributed by atoms with E-state index in [2.05, 4.69) is 0 Å². The van der Waals surface area contributed by atoms with E-state index in [4.69, 9.17) is 16.0 Å². The van der Waals surface area contributed by atoms with Gasteiger partial charge in [0.1, 0.15) is 0 Å². The lowest BCUT2D eigenvalue weighted by molar-refractivity contribution is 0.0953. The van der Waals surface area contributed by atoms with Gasteiger partial charge in [-0.25, -0.2) is 0 Å². The fraction of sp³-hybridized carbons (Fsp3) is 0.214. The van der Waals surface area contributed by atoms with Gasteiger partial charge in [0.2, 0.25) is 0 Å². The first-order chi connectivity index (χ1) is 8.59. The summed E-state index contributed by atoms with van der Waals surface area (Å²) in [7, 11) is 0. The third-order valence-corrected chi connectivity index (χ3v) is 2.76. The predicted octanol–water partition coefficient (Wildman–Crippen LogP) is 3.99. The monoisotopic (exact) mass is 263 g/mol. The molecule has 0 atom stereocenters. The van der Waals surface area contributed by atoms with Gasteiger partial charge in [-0.1, -0.05) is 18.2 Å². The summed E-state index contributed by atoms with van der Waals surface area (Å²) in [5, 5.41) is 0.218. The molecule has 4 heteroatoms. The van der Waals surface area contributed by atoms with Crippen molar-refractivity contribution in [2.24, 2.45) is 0 Å². The number of para-hydroxylation sites is 1. The van der Waals surface area contributed by atoms with Crippen molar-refractivity contribution < 1.29 is 9.21 Å². The Bertz CT molecular complexity index is 534. The fourth-order valence-electron chi connectivity index (χ4n) is 1.79. The molecule has 0 bridgehead atoms. The second-order valence-corrected chi connectivity index (χ2v) is 4.58. The lowest BCUT2D eigenvalue weighted by atomic mass is 10.2. The van der Waals surface area contributed by atoms with Crippen LogP contribution < -0.4 is 4.90 Å². The highest BCUT2D eigenvalue weighted by Crippen LogP contribution is 2.22. The maximum atomic E-state index is 12.4. The van der Waals surface area contributed by atoms with E-state index < -0.39 is 0 Å². The number of amides is 1. The minimum Gasteiger partial charge on any atom is -0.440 e. The number of benzene rings is 1. The van der Waals surface area contributed by atoms with E-state index in [1.165, 1.54) is 0 Å². The zero-order valence-electron chi connectivity index (χ0n) is 10.3. The Morgan fingerprint density at radius 2 is 1.83 bits per heavy atom. The molecule has 0 radical (unpaired) electrons. The molecule has 0 aliphatic carbocycles. The Kier molecular flexibility index (Phi) is 3.72. The molecule has 0 spiro atoms. The Labute approximate surface area is 111 Å². The van der Waals surface area contributed by atoms with Gasteiger partial charge in [-0.05, 0) is 49.7 Å². The van der Waals surface area contributed by atoms with Gasteiger partial charge in [0.25, 0.3) is 5.91 Å². The van der Waals surface area contributed by atoms with Crippen LogP contribution >= 0.6 is 11.6 Å². The van der Waals surface area contributed by atoms with Crippen LogP contribution in [0.15, 0.2) is 46.9 Å². The summed E-state index contributed by atoms with van der Waals surface area (Å²) in [6.07, 6.45) is 0. The van der Waals surface area contributed by atoms with Crippen LogP contribution in [0.1, 0.15) is 24.4 Å². The number of anilines is 1. The number of halogens is 1. The number of hydrogen-bond acceptors (Lipinski definition) is 2. The van der Waals surface area contributed by atoms with Crippen LogP contribution in [0.3, 0.4) is 0 Å². The number of hydrogen-bond donors (Lipinski definition) is 0. The van der Waals surface area contributed by atoms with Crippen LogP contribution in [-0.4, -0.2) is 11.9 Å². The van der Waals surface area contributed by atoms with Crippen molar-refractivity contribution in [1.29, 1.82) is 0 Å². The van der Waals surface area contributed by atoms with Crippen molar-refractivity contribution in [3.63, 3.8) is 0 Å². The third-order valence-electron chi connectivity index (χ3n) is 2.55. The van der Waals surface area contributed by atoms with Gasteiger partial charge in [0.15, 0.2) is 11.0 Å². The molecule has 1 aromatic heterocycles. The molecule has 2 rings (SSSR count). The predicted molar refractivity (Wildman–Crippen MR) is 72.1 cm³/mol. The molecule has 0 aliphatic heterocycles. The molecule has 0 saturated carbocycles. The zero-order chi connectivity index (χ0) is 13.1. The van der Waals surface area contributed by atoms with Gasteiger partial charge in [-0.2, -0.15) is 0 Å². The van der Waals surface area contributed by atoms with Crippen molar-refractivity contribution in [2.75, 3.05) is 4.90 Å². The standard InChI is InChI=1S/C14H14ClNO2/c1-10(2)16(11-6-4-3-5-7-11)14(17)12-8-9-13(15)18-12/h3-10H,1-2H3. The second-order valence-electron chi connectivity index (χ2n) is 4.21. The summed E-state index contributed by atoms with van der Waals surface area (Å²) >= 11 is 5.70. The molecule has 0 aliphatic rings. The second kappa shape index (κ2) is 5.27. The Hall–Kier alpha value is -1.74. The van der Waals surface area contributed by atoms with Gasteiger partial charge in [-0.15, -0.1) is 0 Å². The van der Waals surface area contributed by atoms with Crippen LogP contribution in [0, 0.1) is 0 Å². The molecular weight excluding hydrogens is 250 g/mol. The molecule has 94 valence electrons. The normalized spacial score (nSPS) is 10.7. The van der Waals surface area contributed by atoms with Crippen molar-refractivity contribution in [3.8, 4) is 0 Å². The molecule has 1 amide bonds. The maximum absolute atomic E-state index is 12.4. The van der Waals surface area contributed by atoms with Crippen LogP contribution in [0.25, 0.3) is 0 Å². The van der Waals surface area contributed by atoms with E-state index in [-0.39, 0.29) is 22.9 Å². The van der Waals surface area contributed by atoms with E-state index in [1.54, 1.807) is 17.0 Å². The summed E-state index contributed by atoms with van der Waals surface area (Å²) in [5.74, 6) is 0.0562. The summed E-state index contributed by atoms with van der Waals surface area (Å²) in [4.78, 5) is 14.0. The van der Waals surface area contributed by atoms with Gasteiger partial charge < -0.3 is 9.32 Å². The maximum Gasteiger partial charge on any atom is 0.294 e. The topological polar surface area (TPSA) is 33.5 Å². The summed E-state index contributed by atoms with van der Waals surface area (Å²) in [5.41, 5.74) is 0.838. The van der Waals surface area contributed by atoms with E-state index in [0.717, 1.165) is 5.69 Å². The number of rotatable bonds is 3. The first kappa shape index (κ1) is 12.7. The van der Waals surface area contributed by atoms with Crippen molar-refractivity contribution in [2.45, 2.75) is 19.9 Å². The number of nitrogens with zero attached hydrogens (tertiary/aromatic N) is 1. The zero-order valence-corrected chi connectivity index (χ0v) is 11.0. The van der Waals surface area contributed by atoms with E-state index in [0.29, 0.717) is 0 Å². The van der Waals surface area contributed by atoms with E-state index in [1.807, 2.05) is 44.2 Å². The Morgan fingerprint density at radius 3 is 2.33 bits per heavy atom. The average Bonchev–Trinajstić information content (AvgIpc) is 2.77. The van der Waals surface area contributed by atoms with Crippen LogP contribution in [0.5, 0.6) is 0 Å². The smallest absolute Gasteiger partial charge is 0.294 e. The van der Waals surface area contributed by atoms with Gasteiger partial charge in [0.05, 0.1) is 0 Å². The first-order valence-electron chi connectivity index (χ1n) is 5.73. The molecule has 0 fully saturated rings. The van der Waals surface area contributed by atoms with Crippen molar-refractivity contribution in [1.82, 2.24) is 0 Å². The summed E-state index contributed by atoms with van der Waals surface area (Å²) in [6.45, 7) is 3.91. The van der Waals surface area contributed by atoms with Crippen molar-refractivity contribution >= 4 is 23.2 Å². The van der Waals surface area contributed by atoms with Gasteiger partial charge in [-0.3, -0.25) is 4.79 Å². The van der Waals surface area contributed by atoms with Gasteiger partial charge in [0, 0.05) is 11.7 Å². The van der Waals surface area contributed by atoms with Crippen LogP contribution in [-0.2, 0) is 0 Å². The highest BCUT2D eigenvalue weighted by molar-refractivity contribution is 6.29. The SMILES string of the molecule is CC(C)N(C(=O)c1ccc(Cl)o1)c1ccccc1. The fourth-order valence-corrected chi connectivity index (χ4v) is 1.93. The lowest BCUT2D eigenvalue weighted by Crippen LogP contribution is -2.36. The molecule has 0 N–H and O–H groups in total. The first-order valence-corrected chi connectivity index (χ1v) is 6.11. The lowest BCUT2D eigenvalue weighted by Gasteiger charge is -2.25. The molecule has 0 unspecified atom stereocenters. The Balaban J connectivity index is 2.35. The molecular formula is C14H14ClNO2.